The van der Waals surface area contributed by atoms with E-state index in [1.807, 2.05) is 56.5 Å². The standard InChI is InChI=1S/C43H46FN7/c1-6-15-38(34-23-32(24-36(44)25-34)18-14-21-51-19-12-13-20-51)40-30(5)47-43(48-40)41-39-27-35(28-45-42(39)50-49-41)33(7-2)26-37(8-3)46-29(4)22-31-16-10-9-11-17-31/h6-11,15-17,23-28,46H,1,3-4,12-14,18-22H2,2,5H3,(H,47,48)(H,45,49,50)/b33-7+,37-26+,38-15-. The number of fused-ring (bicyclic) bond motifs is 1. The molecule has 1 fully saturated rings. The van der Waals surface area contributed by atoms with Crippen molar-refractivity contribution >= 4 is 22.2 Å². The third-order valence-corrected chi connectivity index (χ3v) is 9.23. The fourth-order valence-electron chi connectivity index (χ4n) is 6.71. The number of allylic oxidation sites excluding steroid dienone is 7. The molecule has 1 aliphatic rings. The second kappa shape index (κ2) is 16.4. The average Bonchev–Trinajstić information content (AvgIpc) is 3.89. The zero-order valence-corrected chi connectivity index (χ0v) is 29.6. The molecule has 8 heteroatoms. The number of hydrogen-bond acceptors (Lipinski definition) is 5. The van der Waals surface area contributed by atoms with E-state index in [9.17, 15) is 0 Å². The Morgan fingerprint density at radius 2 is 1.84 bits per heavy atom. The van der Waals surface area contributed by atoms with Crippen LogP contribution in [0.2, 0.25) is 0 Å². The second-order valence-electron chi connectivity index (χ2n) is 13.0. The van der Waals surface area contributed by atoms with E-state index in [0.29, 0.717) is 23.6 Å². The molecule has 5 aromatic rings. The fraction of sp³-hybridized carbons (Fsp3) is 0.233. The van der Waals surface area contributed by atoms with E-state index in [1.165, 1.54) is 18.4 Å². The molecule has 51 heavy (non-hydrogen) atoms. The van der Waals surface area contributed by atoms with Gasteiger partial charge in [0.05, 0.1) is 11.1 Å². The van der Waals surface area contributed by atoms with E-state index in [-0.39, 0.29) is 5.82 Å². The Morgan fingerprint density at radius 1 is 1.04 bits per heavy atom. The van der Waals surface area contributed by atoms with Crippen molar-refractivity contribution in [2.75, 3.05) is 19.6 Å². The predicted molar refractivity (Wildman–Crippen MR) is 208 cm³/mol. The van der Waals surface area contributed by atoms with Gasteiger partial charge in [-0.2, -0.15) is 5.10 Å². The first-order valence-electron chi connectivity index (χ1n) is 17.6. The number of hydrogen-bond donors (Lipinski definition) is 3. The molecule has 0 unspecified atom stereocenters. The molecule has 0 amide bonds. The molecule has 1 aliphatic heterocycles. The maximum Gasteiger partial charge on any atom is 0.181 e. The van der Waals surface area contributed by atoms with Gasteiger partial charge >= 0.3 is 0 Å². The van der Waals surface area contributed by atoms with Crippen molar-refractivity contribution in [3.05, 3.63) is 162 Å². The summed E-state index contributed by atoms with van der Waals surface area (Å²) in [6, 6.07) is 17.6. The lowest BCUT2D eigenvalue weighted by Gasteiger charge is -2.14. The van der Waals surface area contributed by atoms with E-state index in [1.54, 1.807) is 24.3 Å². The summed E-state index contributed by atoms with van der Waals surface area (Å²) < 4.78 is 15.0. The monoisotopic (exact) mass is 679 g/mol. The summed E-state index contributed by atoms with van der Waals surface area (Å²) in [5.74, 6) is 0.360. The maximum absolute atomic E-state index is 15.0. The van der Waals surface area contributed by atoms with Gasteiger partial charge in [-0.3, -0.25) is 5.10 Å². The number of nitrogens with one attached hydrogen (secondary N) is 3. The van der Waals surface area contributed by atoms with Crippen molar-refractivity contribution in [1.29, 1.82) is 0 Å². The molecule has 4 heterocycles. The third-order valence-electron chi connectivity index (χ3n) is 9.23. The van der Waals surface area contributed by atoms with Crippen molar-refractivity contribution < 1.29 is 4.39 Å². The summed E-state index contributed by atoms with van der Waals surface area (Å²) in [6.45, 7) is 19.5. The fourth-order valence-corrected chi connectivity index (χ4v) is 6.71. The Bertz CT molecular complexity index is 2120. The van der Waals surface area contributed by atoms with Gasteiger partial charge in [-0.25, -0.2) is 14.4 Å². The van der Waals surface area contributed by atoms with Gasteiger partial charge in [-0.05, 0) is 112 Å². The van der Waals surface area contributed by atoms with Crippen molar-refractivity contribution in [3.8, 4) is 11.5 Å². The number of imidazole rings is 1. The van der Waals surface area contributed by atoms with Crippen molar-refractivity contribution in [3.63, 3.8) is 0 Å². The van der Waals surface area contributed by atoms with E-state index in [4.69, 9.17) is 4.98 Å². The number of aromatic amines is 2. The number of aromatic nitrogens is 5. The molecule has 0 radical (unpaired) electrons. The van der Waals surface area contributed by atoms with Crippen molar-refractivity contribution in [2.24, 2.45) is 0 Å². The molecule has 0 saturated carbocycles. The van der Waals surface area contributed by atoms with Crippen LogP contribution in [-0.4, -0.2) is 49.7 Å². The number of halogens is 1. The van der Waals surface area contributed by atoms with Crippen LogP contribution in [0.15, 0.2) is 122 Å². The number of nitrogens with zero attached hydrogens (tertiary/aromatic N) is 4. The number of pyridine rings is 1. The molecule has 1 saturated heterocycles. The van der Waals surface area contributed by atoms with Gasteiger partial charge in [0.1, 0.15) is 11.5 Å². The van der Waals surface area contributed by atoms with Gasteiger partial charge in [-0.1, -0.05) is 74.4 Å². The Hall–Kier alpha value is -5.60. The van der Waals surface area contributed by atoms with Gasteiger partial charge in [0, 0.05) is 40.8 Å². The highest BCUT2D eigenvalue weighted by Crippen LogP contribution is 2.32. The molecule has 0 atom stereocenters. The van der Waals surface area contributed by atoms with Crippen LogP contribution in [-0.2, 0) is 12.8 Å². The van der Waals surface area contributed by atoms with E-state index < -0.39 is 0 Å². The molecule has 0 bridgehead atoms. The maximum atomic E-state index is 15.0. The summed E-state index contributed by atoms with van der Waals surface area (Å²) in [5, 5.41) is 11.9. The molecule has 6 rings (SSSR count). The number of aryl methyl sites for hydroxylation is 2. The van der Waals surface area contributed by atoms with Crippen molar-refractivity contribution in [1.82, 2.24) is 35.4 Å². The van der Waals surface area contributed by atoms with Crippen LogP contribution >= 0.6 is 0 Å². The lowest BCUT2D eigenvalue weighted by molar-refractivity contribution is 0.334. The van der Waals surface area contributed by atoms with Crippen LogP contribution < -0.4 is 5.32 Å². The zero-order valence-electron chi connectivity index (χ0n) is 29.6. The largest absolute Gasteiger partial charge is 0.359 e. The average molecular weight is 680 g/mol. The van der Waals surface area contributed by atoms with Crippen LogP contribution in [0.5, 0.6) is 0 Å². The summed E-state index contributed by atoms with van der Waals surface area (Å²) in [7, 11) is 0. The zero-order chi connectivity index (χ0) is 35.7. The highest BCUT2D eigenvalue weighted by molar-refractivity contribution is 5.92. The molecular formula is C43H46FN7. The predicted octanol–water partition coefficient (Wildman–Crippen LogP) is 9.26. The lowest BCUT2D eigenvalue weighted by atomic mass is 9.97. The normalized spacial score (nSPS) is 14.3. The van der Waals surface area contributed by atoms with Gasteiger partial charge in [0.15, 0.2) is 11.5 Å². The minimum absolute atomic E-state index is 0.255. The Labute approximate surface area is 300 Å². The number of H-pyrrole nitrogens is 2. The number of rotatable bonds is 15. The minimum atomic E-state index is -0.255. The van der Waals surface area contributed by atoms with Gasteiger partial charge < -0.3 is 15.2 Å². The molecular weight excluding hydrogens is 634 g/mol. The van der Waals surface area contributed by atoms with Crippen LogP contribution in [0, 0.1) is 12.7 Å². The Kier molecular flexibility index (Phi) is 11.3. The van der Waals surface area contributed by atoms with Crippen LogP contribution in [0.25, 0.3) is 33.7 Å². The van der Waals surface area contributed by atoms with E-state index >= 15 is 4.39 Å². The van der Waals surface area contributed by atoms with Crippen LogP contribution in [0.3, 0.4) is 0 Å². The summed E-state index contributed by atoms with van der Waals surface area (Å²) >= 11 is 0. The van der Waals surface area contributed by atoms with Crippen LogP contribution in [0.1, 0.15) is 59.8 Å². The van der Waals surface area contributed by atoms with Crippen LogP contribution in [0.4, 0.5) is 4.39 Å². The van der Waals surface area contributed by atoms with Gasteiger partial charge in [0.25, 0.3) is 0 Å². The molecule has 260 valence electrons. The second-order valence-corrected chi connectivity index (χ2v) is 13.0. The first-order valence-corrected chi connectivity index (χ1v) is 17.6. The first kappa shape index (κ1) is 35.2. The molecule has 0 aliphatic carbocycles. The smallest absolute Gasteiger partial charge is 0.181 e. The topological polar surface area (TPSA) is 85.5 Å². The molecule has 2 aromatic carbocycles. The summed E-state index contributed by atoms with van der Waals surface area (Å²) in [5.41, 5.74) is 10.2. The van der Waals surface area contributed by atoms with Crippen molar-refractivity contribution in [2.45, 2.75) is 46.0 Å². The van der Waals surface area contributed by atoms with Gasteiger partial charge in [0.2, 0.25) is 0 Å². The highest BCUT2D eigenvalue weighted by Gasteiger charge is 2.19. The quantitative estimate of drug-likeness (QED) is 0.0961. The molecule has 3 aromatic heterocycles. The molecule has 0 spiro atoms. The summed E-state index contributed by atoms with van der Waals surface area (Å²) in [6.07, 6.45) is 16.3. The lowest BCUT2D eigenvalue weighted by Crippen LogP contribution is -2.20. The third kappa shape index (κ3) is 8.59. The SMILES string of the molecule is C=C/C=C(/c1cc(F)cc(CCCN2CCCC2)c1)c1nc(-c2[nH]nc3ncc(C(/C=C(\C=C)NC(=C)Cc4ccccc4)=C/C)cc23)[nH]c1C. The van der Waals surface area contributed by atoms with E-state index in [2.05, 4.69) is 74.4 Å². The summed E-state index contributed by atoms with van der Waals surface area (Å²) in [4.78, 5) is 15.6. The van der Waals surface area contributed by atoms with Gasteiger partial charge in [-0.15, -0.1) is 0 Å². The Morgan fingerprint density at radius 3 is 2.59 bits per heavy atom. The van der Waals surface area contributed by atoms with E-state index in [0.717, 1.165) is 88.5 Å². The number of likely N-dealkylation sites (tertiary alicyclic amines) is 1. The molecule has 7 nitrogen and oxygen atoms in total. The minimum Gasteiger partial charge on any atom is -0.359 e. The molecule has 3 N–H and O–H groups in total. The first-order chi connectivity index (χ1) is 24.8. The Balaban J connectivity index is 1.25. The number of benzene rings is 2. The highest BCUT2D eigenvalue weighted by atomic mass is 19.1.